The van der Waals surface area contributed by atoms with Crippen molar-refractivity contribution in [2.24, 2.45) is 0 Å². The molecule has 0 aromatic heterocycles. The smallest absolute Gasteiger partial charge is 0.243 e. The minimum absolute atomic E-state index is 0.174. The quantitative estimate of drug-likeness (QED) is 0.808. The summed E-state index contributed by atoms with van der Waals surface area (Å²) >= 11 is 0. The van der Waals surface area contributed by atoms with Gasteiger partial charge in [0.05, 0.1) is 4.90 Å². The predicted molar refractivity (Wildman–Crippen MR) is 84.9 cm³/mol. The molecule has 1 aliphatic rings. The number of hydrogen-bond acceptors (Lipinski definition) is 4. The highest BCUT2D eigenvalue weighted by Gasteiger charge is 2.28. The van der Waals surface area contributed by atoms with Gasteiger partial charge in [0.1, 0.15) is 5.82 Å². The van der Waals surface area contributed by atoms with E-state index in [9.17, 15) is 12.8 Å². The lowest BCUT2D eigenvalue weighted by Crippen LogP contribution is -2.49. The van der Waals surface area contributed by atoms with Crippen molar-refractivity contribution in [1.29, 1.82) is 0 Å². The molecule has 0 bridgehead atoms. The minimum atomic E-state index is -3.53. The summed E-state index contributed by atoms with van der Waals surface area (Å²) in [6.45, 7) is 5.90. The number of nitrogens with zero attached hydrogens (tertiary/aromatic N) is 3. The molecule has 0 unspecified atom stereocenters. The first-order valence-corrected chi connectivity index (χ1v) is 8.88. The molecule has 1 fully saturated rings. The number of benzene rings is 1. The maximum atomic E-state index is 13.3. The zero-order chi connectivity index (χ0) is 16.3. The van der Waals surface area contributed by atoms with Crippen molar-refractivity contribution < 1.29 is 12.8 Å². The molecule has 0 N–H and O–H groups in total. The number of piperazine rings is 1. The summed E-state index contributed by atoms with van der Waals surface area (Å²) in [5.74, 6) is -0.382. The van der Waals surface area contributed by atoms with Crippen molar-refractivity contribution >= 4 is 10.0 Å². The fraction of sp³-hybridized carbons (Fsp3) is 0.600. The third kappa shape index (κ3) is 4.04. The molecule has 0 saturated carbocycles. The Balaban J connectivity index is 2.01. The van der Waals surface area contributed by atoms with E-state index in [0.29, 0.717) is 18.7 Å². The monoisotopic (exact) mass is 329 g/mol. The molecule has 0 amide bonds. The fourth-order valence-corrected chi connectivity index (χ4v) is 3.97. The van der Waals surface area contributed by atoms with Gasteiger partial charge in [0.15, 0.2) is 0 Å². The lowest BCUT2D eigenvalue weighted by Gasteiger charge is -2.34. The van der Waals surface area contributed by atoms with Crippen LogP contribution in [0.25, 0.3) is 0 Å². The van der Waals surface area contributed by atoms with Crippen molar-refractivity contribution in [3.63, 3.8) is 0 Å². The number of likely N-dealkylation sites (N-methyl/N-ethyl adjacent to an activating group) is 1. The van der Waals surface area contributed by atoms with E-state index in [-0.39, 0.29) is 10.7 Å². The van der Waals surface area contributed by atoms with E-state index in [1.807, 2.05) is 14.1 Å². The van der Waals surface area contributed by atoms with E-state index in [2.05, 4.69) is 9.80 Å². The first-order chi connectivity index (χ1) is 10.3. The Morgan fingerprint density at radius 2 is 1.82 bits per heavy atom. The maximum Gasteiger partial charge on any atom is 0.243 e. The minimum Gasteiger partial charge on any atom is -0.308 e. The Bertz CT molecular complexity index is 611. The van der Waals surface area contributed by atoms with E-state index < -0.39 is 10.0 Å². The van der Waals surface area contributed by atoms with Crippen LogP contribution < -0.4 is 0 Å². The average Bonchev–Trinajstić information content (AvgIpc) is 2.48. The first-order valence-electron chi connectivity index (χ1n) is 7.44. The molecular formula is C15H24FN3O2S. The van der Waals surface area contributed by atoms with Crippen LogP contribution in [0.15, 0.2) is 23.1 Å². The van der Waals surface area contributed by atoms with Gasteiger partial charge in [-0.2, -0.15) is 4.31 Å². The zero-order valence-electron chi connectivity index (χ0n) is 13.4. The highest BCUT2D eigenvalue weighted by atomic mass is 32.2. The number of aryl methyl sites for hydroxylation is 1. The molecule has 7 heteroatoms. The fourth-order valence-electron chi connectivity index (χ4n) is 2.46. The largest absolute Gasteiger partial charge is 0.308 e. The number of halogens is 1. The Kier molecular flexibility index (Phi) is 5.55. The number of hydrogen-bond donors (Lipinski definition) is 0. The van der Waals surface area contributed by atoms with Crippen LogP contribution in [0.1, 0.15) is 5.56 Å². The van der Waals surface area contributed by atoms with Crippen LogP contribution in [-0.4, -0.2) is 75.9 Å². The summed E-state index contributed by atoms with van der Waals surface area (Å²) in [6.07, 6.45) is 0. The molecule has 1 aliphatic heterocycles. The average molecular weight is 329 g/mol. The van der Waals surface area contributed by atoms with Crippen LogP contribution in [0, 0.1) is 12.7 Å². The summed E-state index contributed by atoms with van der Waals surface area (Å²) in [5, 5.41) is 0. The van der Waals surface area contributed by atoms with Crippen LogP contribution in [0.4, 0.5) is 4.39 Å². The van der Waals surface area contributed by atoms with Gasteiger partial charge in [0, 0.05) is 39.3 Å². The molecule has 5 nitrogen and oxygen atoms in total. The Hall–Kier alpha value is -1.02. The number of sulfonamides is 1. The van der Waals surface area contributed by atoms with Crippen molar-refractivity contribution in [1.82, 2.24) is 14.1 Å². The summed E-state index contributed by atoms with van der Waals surface area (Å²) in [7, 11) is 0.524. The van der Waals surface area contributed by atoms with E-state index in [1.54, 1.807) is 6.92 Å². The lowest BCUT2D eigenvalue weighted by atomic mass is 10.2. The first kappa shape index (κ1) is 17.3. The van der Waals surface area contributed by atoms with Crippen LogP contribution in [0.3, 0.4) is 0 Å². The molecule has 0 atom stereocenters. The normalized spacial score (nSPS) is 18.0. The Labute approximate surface area is 132 Å². The van der Waals surface area contributed by atoms with Gasteiger partial charge in [-0.3, -0.25) is 4.90 Å². The summed E-state index contributed by atoms with van der Waals surface area (Å²) < 4.78 is 40.0. The SMILES string of the molecule is Cc1cc(S(=O)(=O)N2CCN(CCN(C)C)CC2)ccc1F. The van der Waals surface area contributed by atoms with Gasteiger partial charge in [-0.15, -0.1) is 0 Å². The zero-order valence-corrected chi connectivity index (χ0v) is 14.2. The second kappa shape index (κ2) is 7.04. The van der Waals surface area contributed by atoms with Gasteiger partial charge < -0.3 is 4.90 Å². The molecule has 22 heavy (non-hydrogen) atoms. The highest BCUT2D eigenvalue weighted by Crippen LogP contribution is 2.20. The van der Waals surface area contributed by atoms with Gasteiger partial charge in [0.2, 0.25) is 10.0 Å². The van der Waals surface area contributed by atoms with Gasteiger partial charge in [-0.05, 0) is 44.8 Å². The van der Waals surface area contributed by atoms with E-state index >= 15 is 0 Å². The molecular weight excluding hydrogens is 305 g/mol. The molecule has 1 saturated heterocycles. The highest BCUT2D eigenvalue weighted by molar-refractivity contribution is 7.89. The van der Waals surface area contributed by atoms with Crippen molar-refractivity contribution in [2.75, 3.05) is 53.4 Å². The summed E-state index contributed by atoms with van der Waals surface area (Å²) in [6, 6.07) is 3.97. The maximum absolute atomic E-state index is 13.3. The molecule has 0 aliphatic carbocycles. The van der Waals surface area contributed by atoms with Crippen LogP contribution in [0.2, 0.25) is 0 Å². The van der Waals surface area contributed by atoms with E-state index in [4.69, 9.17) is 0 Å². The van der Waals surface area contributed by atoms with E-state index in [0.717, 1.165) is 26.2 Å². The van der Waals surface area contributed by atoms with Crippen molar-refractivity contribution in [2.45, 2.75) is 11.8 Å². The Morgan fingerprint density at radius 3 is 2.36 bits per heavy atom. The Morgan fingerprint density at radius 1 is 1.18 bits per heavy atom. The molecule has 0 spiro atoms. The number of rotatable bonds is 5. The predicted octanol–water partition coefficient (Wildman–Crippen LogP) is 1.00. The second-order valence-electron chi connectivity index (χ2n) is 5.96. The standard InChI is InChI=1S/C15H24FN3O2S/c1-13-12-14(4-5-15(13)16)22(20,21)19-10-8-18(9-11-19)7-6-17(2)3/h4-5,12H,6-11H2,1-3H3. The van der Waals surface area contributed by atoms with Gasteiger partial charge in [-0.25, -0.2) is 12.8 Å². The molecule has 2 rings (SSSR count). The molecule has 1 aromatic carbocycles. The third-order valence-corrected chi connectivity index (χ3v) is 5.86. The second-order valence-corrected chi connectivity index (χ2v) is 7.90. The van der Waals surface area contributed by atoms with Gasteiger partial charge in [0.25, 0.3) is 0 Å². The van der Waals surface area contributed by atoms with Crippen LogP contribution in [-0.2, 0) is 10.0 Å². The molecule has 1 heterocycles. The van der Waals surface area contributed by atoms with Crippen molar-refractivity contribution in [3.8, 4) is 0 Å². The third-order valence-electron chi connectivity index (χ3n) is 3.96. The molecule has 1 aromatic rings. The summed E-state index contributed by atoms with van der Waals surface area (Å²) in [4.78, 5) is 4.56. The van der Waals surface area contributed by atoms with Gasteiger partial charge >= 0.3 is 0 Å². The van der Waals surface area contributed by atoms with Crippen molar-refractivity contribution in [3.05, 3.63) is 29.6 Å². The lowest BCUT2D eigenvalue weighted by molar-refractivity contribution is 0.174. The topological polar surface area (TPSA) is 43.9 Å². The molecule has 0 radical (unpaired) electrons. The summed E-state index contributed by atoms with van der Waals surface area (Å²) in [5.41, 5.74) is 0.352. The van der Waals surface area contributed by atoms with Gasteiger partial charge in [-0.1, -0.05) is 0 Å². The van der Waals surface area contributed by atoms with Crippen LogP contribution in [0.5, 0.6) is 0 Å². The van der Waals surface area contributed by atoms with E-state index in [1.165, 1.54) is 22.5 Å². The molecule has 124 valence electrons. The van der Waals surface area contributed by atoms with Crippen LogP contribution >= 0.6 is 0 Å².